The number of terminal acetylenes is 2. The smallest absolute Gasteiger partial charge is 0.176 e. The van der Waals surface area contributed by atoms with Crippen molar-refractivity contribution in [3.8, 4) is 48.4 Å². The molecule has 2 N–H and O–H groups in total. The van der Waals surface area contributed by atoms with Crippen LogP contribution in [-0.2, 0) is 0 Å². The molecule has 0 spiro atoms. The molecule has 0 saturated heterocycles. The van der Waals surface area contributed by atoms with Crippen molar-refractivity contribution in [2.45, 2.75) is 205 Å². The highest BCUT2D eigenvalue weighted by atomic mass is 16.3. The number of hydrogen-bond acceptors (Lipinski definition) is 2. The molecule has 0 bridgehead atoms. The third kappa shape index (κ3) is 39.6. The van der Waals surface area contributed by atoms with Crippen LogP contribution in [0.3, 0.4) is 0 Å². The summed E-state index contributed by atoms with van der Waals surface area (Å²) in [5.41, 5.74) is 0. The van der Waals surface area contributed by atoms with E-state index in [-0.39, 0.29) is 0 Å². The third-order valence-corrected chi connectivity index (χ3v) is 8.65. The van der Waals surface area contributed by atoms with Crippen LogP contribution in [0.4, 0.5) is 0 Å². The Kier molecular flexibility index (Phi) is 38.3. The standard InChI is InChI=1S/C46H72O2/c1-3-5-6-7-8-9-10-11-12-13-14-15-16-17-18-19-20-21-22-23-24-25-26-27-28-29-30-34-37-40-43-46(48)44-41-38-35-32-31-33-36-39-42-45(47)4-2/h1-2,5-6,21-22,27-28,45-48H,7-20,23-26,29-39,42H2. The van der Waals surface area contributed by atoms with Gasteiger partial charge in [-0.1, -0.05) is 156 Å². The molecule has 0 aliphatic rings. The molecule has 0 rings (SSSR count). The Morgan fingerprint density at radius 3 is 1.19 bits per heavy atom. The van der Waals surface area contributed by atoms with Gasteiger partial charge in [-0.3, -0.25) is 0 Å². The second-order valence-corrected chi connectivity index (χ2v) is 13.2. The van der Waals surface area contributed by atoms with Crippen molar-refractivity contribution in [2.24, 2.45) is 0 Å². The molecule has 2 unspecified atom stereocenters. The normalized spacial score (nSPS) is 12.4. The van der Waals surface area contributed by atoms with Crippen molar-refractivity contribution in [1.82, 2.24) is 0 Å². The minimum atomic E-state index is -0.822. The van der Waals surface area contributed by atoms with Gasteiger partial charge in [-0.05, 0) is 96.0 Å². The van der Waals surface area contributed by atoms with E-state index in [2.05, 4.69) is 65.9 Å². The first-order valence-electron chi connectivity index (χ1n) is 19.9. The summed E-state index contributed by atoms with van der Waals surface area (Å²) in [6.07, 6.45) is 58.7. The van der Waals surface area contributed by atoms with Gasteiger partial charge < -0.3 is 10.2 Å². The lowest BCUT2D eigenvalue weighted by Gasteiger charge is -2.02. The van der Waals surface area contributed by atoms with Gasteiger partial charge in [0.1, 0.15) is 6.10 Å². The molecule has 0 aromatic rings. The molecule has 0 saturated carbocycles. The molecular weight excluding hydrogens is 585 g/mol. The van der Waals surface area contributed by atoms with Gasteiger partial charge in [-0.25, -0.2) is 0 Å². The maximum Gasteiger partial charge on any atom is 0.176 e. The van der Waals surface area contributed by atoms with Crippen LogP contribution in [0.2, 0.25) is 0 Å². The van der Waals surface area contributed by atoms with Crippen LogP contribution in [0.1, 0.15) is 193 Å². The number of hydrogen-bond donors (Lipinski definition) is 2. The summed E-state index contributed by atoms with van der Waals surface area (Å²) in [7, 11) is 0. The van der Waals surface area contributed by atoms with Crippen LogP contribution in [0.25, 0.3) is 0 Å². The van der Waals surface area contributed by atoms with Gasteiger partial charge in [-0.2, -0.15) is 0 Å². The van der Waals surface area contributed by atoms with Crippen molar-refractivity contribution in [1.29, 1.82) is 0 Å². The maximum atomic E-state index is 9.92. The predicted molar refractivity (Wildman–Crippen MR) is 211 cm³/mol. The topological polar surface area (TPSA) is 40.5 Å². The van der Waals surface area contributed by atoms with E-state index in [0.717, 1.165) is 64.2 Å². The number of aliphatic hydroxyl groups is 2. The summed E-state index contributed by atoms with van der Waals surface area (Å²) < 4.78 is 0. The fourth-order valence-corrected chi connectivity index (χ4v) is 5.63. The summed E-state index contributed by atoms with van der Waals surface area (Å²) in [5, 5.41) is 19.2. The fraction of sp³-hybridized carbons (Fsp3) is 0.696. The molecule has 2 atom stereocenters. The van der Waals surface area contributed by atoms with Crippen molar-refractivity contribution in [3.05, 3.63) is 36.5 Å². The van der Waals surface area contributed by atoms with E-state index < -0.39 is 12.2 Å². The minimum Gasteiger partial charge on any atom is -0.380 e. The number of unbranched alkanes of at least 4 members (excludes halogenated alkanes) is 25. The summed E-state index contributed by atoms with van der Waals surface area (Å²) in [6, 6.07) is 0. The lowest BCUT2D eigenvalue weighted by molar-refractivity contribution is 0.217. The first kappa shape index (κ1) is 45.4. The Hall–Kier alpha value is -2.62. The lowest BCUT2D eigenvalue weighted by atomic mass is 10.0. The monoisotopic (exact) mass is 657 g/mol. The molecule has 0 aliphatic heterocycles. The zero-order chi connectivity index (χ0) is 34.9. The first-order chi connectivity index (χ1) is 23.7. The molecular formula is C46H72O2. The predicted octanol–water partition coefficient (Wildman–Crippen LogP) is 12.4. The maximum absolute atomic E-state index is 9.92. The SMILES string of the molecule is C#CC=CCCCCCCCCCCCCCCC=CCCCCC=CCCCCC#CC(O)C#CCCCCCCCCC(O)C#C. The van der Waals surface area contributed by atoms with Crippen molar-refractivity contribution >= 4 is 0 Å². The molecule has 0 aromatic carbocycles. The molecule has 0 aliphatic carbocycles. The van der Waals surface area contributed by atoms with Crippen molar-refractivity contribution in [3.63, 3.8) is 0 Å². The molecule has 268 valence electrons. The van der Waals surface area contributed by atoms with E-state index in [0.29, 0.717) is 6.42 Å². The van der Waals surface area contributed by atoms with E-state index in [4.69, 9.17) is 12.8 Å². The summed E-state index contributed by atoms with van der Waals surface area (Å²) in [6.45, 7) is 0. The summed E-state index contributed by atoms with van der Waals surface area (Å²) >= 11 is 0. The second-order valence-electron chi connectivity index (χ2n) is 13.2. The lowest BCUT2D eigenvalue weighted by Crippen LogP contribution is -2.01. The van der Waals surface area contributed by atoms with E-state index >= 15 is 0 Å². The molecule has 0 fully saturated rings. The molecule has 2 nitrogen and oxygen atoms in total. The van der Waals surface area contributed by atoms with Crippen LogP contribution in [-0.4, -0.2) is 22.4 Å². The van der Waals surface area contributed by atoms with Crippen molar-refractivity contribution in [2.75, 3.05) is 0 Å². The second kappa shape index (κ2) is 40.6. The third-order valence-electron chi connectivity index (χ3n) is 8.65. The molecule has 2 heteroatoms. The fourth-order valence-electron chi connectivity index (χ4n) is 5.63. The van der Waals surface area contributed by atoms with Crippen LogP contribution in [0.15, 0.2) is 36.5 Å². The average molecular weight is 657 g/mol. The number of allylic oxidation sites excluding steroid dienone is 6. The average Bonchev–Trinajstić information content (AvgIpc) is 3.09. The van der Waals surface area contributed by atoms with Crippen LogP contribution in [0.5, 0.6) is 0 Å². The Labute approximate surface area is 299 Å². The summed E-state index contributed by atoms with van der Waals surface area (Å²) in [5.74, 6) is 16.8. The number of rotatable bonds is 32. The van der Waals surface area contributed by atoms with Crippen LogP contribution >= 0.6 is 0 Å². The zero-order valence-electron chi connectivity index (χ0n) is 30.9. The Bertz CT molecular complexity index is 980. The van der Waals surface area contributed by atoms with Crippen LogP contribution in [0, 0.1) is 48.4 Å². The van der Waals surface area contributed by atoms with Gasteiger partial charge in [-0.15, -0.1) is 12.8 Å². The Balaban J connectivity index is 3.39. The van der Waals surface area contributed by atoms with Crippen molar-refractivity contribution < 1.29 is 10.2 Å². The van der Waals surface area contributed by atoms with Crippen LogP contribution < -0.4 is 0 Å². The minimum absolute atomic E-state index is 0.587. The van der Waals surface area contributed by atoms with Gasteiger partial charge in [0, 0.05) is 12.8 Å². The summed E-state index contributed by atoms with van der Waals surface area (Å²) in [4.78, 5) is 0. The van der Waals surface area contributed by atoms with Gasteiger partial charge >= 0.3 is 0 Å². The molecule has 0 amide bonds. The molecule has 0 radical (unpaired) electrons. The van der Waals surface area contributed by atoms with Gasteiger partial charge in [0.05, 0.1) is 0 Å². The van der Waals surface area contributed by atoms with E-state index in [1.54, 1.807) is 0 Å². The molecule has 0 aromatic heterocycles. The highest BCUT2D eigenvalue weighted by Crippen LogP contribution is 2.14. The van der Waals surface area contributed by atoms with E-state index in [1.807, 2.05) is 6.08 Å². The van der Waals surface area contributed by atoms with E-state index in [9.17, 15) is 10.2 Å². The van der Waals surface area contributed by atoms with Gasteiger partial charge in [0.25, 0.3) is 0 Å². The quantitative estimate of drug-likeness (QED) is 0.0430. The van der Waals surface area contributed by atoms with E-state index in [1.165, 1.54) is 122 Å². The first-order valence-corrected chi connectivity index (χ1v) is 19.9. The molecule has 0 heterocycles. The number of aliphatic hydroxyl groups excluding tert-OH is 2. The molecule has 48 heavy (non-hydrogen) atoms. The highest BCUT2D eigenvalue weighted by Gasteiger charge is 1.98. The highest BCUT2D eigenvalue weighted by molar-refractivity contribution is 5.19. The van der Waals surface area contributed by atoms with Gasteiger partial charge in [0.2, 0.25) is 0 Å². The van der Waals surface area contributed by atoms with Gasteiger partial charge in [0.15, 0.2) is 6.10 Å². The zero-order valence-corrected chi connectivity index (χ0v) is 30.9. The Morgan fingerprint density at radius 1 is 0.417 bits per heavy atom. The largest absolute Gasteiger partial charge is 0.380 e. The Morgan fingerprint density at radius 2 is 0.750 bits per heavy atom.